The number of nitrogens with two attached hydrogens (primary N) is 1. The molecule has 0 heterocycles. The van der Waals surface area contributed by atoms with Gasteiger partial charge in [0.1, 0.15) is 5.82 Å². The highest BCUT2D eigenvalue weighted by molar-refractivity contribution is 6.04. The number of primary amides is 1. The van der Waals surface area contributed by atoms with Crippen LogP contribution in [0.25, 0.3) is 6.08 Å². The Labute approximate surface area is 156 Å². The summed E-state index contributed by atoms with van der Waals surface area (Å²) < 4.78 is 13.1. The smallest absolute Gasteiger partial charge is 0.251 e. The summed E-state index contributed by atoms with van der Waals surface area (Å²) in [6.45, 7) is 1.51. The number of anilines is 2. The van der Waals surface area contributed by atoms with E-state index in [0.29, 0.717) is 11.4 Å². The molecule has 0 spiro atoms. The molecular formula is C20H20FN3O3. The van der Waals surface area contributed by atoms with Crippen LogP contribution in [0.3, 0.4) is 0 Å². The monoisotopic (exact) mass is 369 g/mol. The fourth-order valence-corrected chi connectivity index (χ4v) is 2.35. The highest BCUT2D eigenvalue weighted by atomic mass is 19.1. The van der Waals surface area contributed by atoms with Crippen molar-refractivity contribution in [1.29, 1.82) is 0 Å². The second-order valence-corrected chi connectivity index (χ2v) is 5.82. The first kappa shape index (κ1) is 19.8. The van der Waals surface area contributed by atoms with Crippen LogP contribution >= 0.6 is 0 Å². The van der Waals surface area contributed by atoms with E-state index in [9.17, 15) is 18.8 Å². The fourth-order valence-electron chi connectivity index (χ4n) is 2.35. The number of carbonyl (C=O) groups excluding carboxylic acids is 3. The number of nitrogens with one attached hydrogen (secondary N) is 1. The molecular weight excluding hydrogens is 349 g/mol. The van der Waals surface area contributed by atoms with Crippen LogP contribution in [-0.2, 0) is 14.4 Å². The van der Waals surface area contributed by atoms with Gasteiger partial charge in [-0.2, -0.15) is 0 Å². The number of hydrogen-bond donors (Lipinski definition) is 2. The summed E-state index contributed by atoms with van der Waals surface area (Å²) in [4.78, 5) is 36.0. The molecule has 2 aromatic rings. The van der Waals surface area contributed by atoms with Gasteiger partial charge in [-0.3, -0.25) is 14.4 Å². The Hall–Kier alpha value is -3.48. The second-order valence-electron chi connectivity index (χ2n) is 5.82. The maximum Gasteiger partial charge on any atom is 0.251 e. The van der Waals surface area contributed by atoms with E-state index in [1.54, 1.807) is 30.3 Å². The Morgan fingerprint density at radius 1 is 1.07 bits per heavy atom. The van der Waals surface area contributed by atoms with E-state index in [0.717, 1.165) is 5.56 Å². The first-order valence-corrected chi connectivity index (χ1v) is 8.26. The molecule has 0 atom stereocenters. The number of amides is 3. The van der Waals surface area contributed by atoms with Crippen molar-refractivity contribution >= 4 is 35.2 Å². The Morgan fingerprint density at radius 3 is 2.26 bits per heavy atom. The summed E-state index contributed by atoms with van der Waals surface area (Å²) in [7, 11) is 0. The average molecular weight is 369 g/mol. The molecule has 0 fully saturated rings. The highest BCUT2D eigenvalue weighted by Crippen LogP contribution is 2.17. The Balaban J connectivity index is 2.14. The van der Waals surface area contributed by atoms with E-state index in [1.165, 1.54) is 42.2 Å². The molecule has 140 valence electrons. The summed E-state index contributed by atoms with van der Waals surface area (Å²) in [5, 5.41) is 2.66. The van der Waals surface area contributed by atoms with Gasteiger partial charge in [-0.1, -0.05) is 12.1 Å². The maximum atomic E-state index is 13.1. The van der Waals surface area contributed by atoms with Gasteiger partial charge in [0.2, 0.25) is 11.8 Å². The molecule has 0 aromatic heterocycles. The lowest BCUT2D eigenvalue weighted by atomic mass is 10.2. The van der Waals surface area contributed by atoms with E-state index >= 15 is 0 Å². The fraction of sp³-hybridized carbons (Fsp3) is 0.150. The molecule has 3 amide bonds. The molecule has 0 aliphatic carbocycles. The molecule has 0 unspecified atom stereocenters. The summed E-state index contributed by atoms with van der Waals surface area (Å²) in [5.74, 6) is -1.49. The van der Waals surface area contributed by atoms with Gasteiger partial charge in [-0.05, 0) is 48.0 Å². The number of hydrogen-bond acceptors (Lipinski definition) is 3. The van der Waals surface area contributed by atoms with E-state index in [2.05, 4.69) is 5.32 Å². The molecule has 7 heteroatoms. The number of benzene rings is 2. The van der Waals surface area contributed by atoms with Crippen molar-refractivity contribution in [3.63, 3.8) is 0 Å². The van der Waals surface area contributed by atoms with Gasteiger partial charge < -0.3 is 16.0 Å². The SMILES string of the molecule is CC(=O)Nc1ccc(/C=C/C(=O)N(CCC(N)=O)c2ccc(F)cc2)cc1. The first-order chi connectivity index (χ1) is 12.8. The molecule has 2 aromatic carbocycles. The minimum absolute atomic E-state index is 0.0115. The lowest BCUT2D eigenvalue weighted by molar-refractivity contribution is -0.118. The molecule has 27 heavy (non-hydrogen) atoms. The van der Waals surface area contributed by atoms with Crippen molar-refractivity contribution in [3.8, 4) is 0 Å². The normalized spacial score (nSPS) is 10.6. The van der Waals surface area contributed by atoms with E-state index in [4.69, 9.17) is 5.73 Å². The van der Waals surface area contributed by atoms with Gasteiger partial charge in [0.05, 0.1) is 0 Å². The molecule has 0 bridgehead atoms. The number of carbonyl (C=O) groups is 3. The van der Waals surface area contributed by atoms with Gasteiger partial charge in [0, 0.05) is 37.3 Å². The predicted molar refractivity (Wildman–Crippen MR) is 102 cm³/mol. The van der Waals surface area contributed by atoms with Crippen molar-refractivity contribution in [2.24, 2.45) is 5.73 Å². The summed E-state index contributed by atoms with van der Waals surface area (Å²) in [5.41, 5.74) is 7.05. The molecule has 0 saturated carbocycles. The largest absolute Gasteiger partial charge is 0.370 e. The third-order valence-corrected chi connectivity index (χ3v) is 3.64. The van der Waals surface area contributed by atoms with Gasteiger partial charge in [0.15, 0.2) is 0 Å². The molecule has 3 N–H and O–H groups in total. The molecule has 0 radical (unpaired) electrons. The van der Waals surface area contributed by atoms with Gasteiger partial charge >= 0.3 is 0 Å². The third kappa shape index (κ3) is 6.39. The molecule has 0 aliphatic rings. The maximum absolute atomic E-state index is 13.1. The van der Waals surface area contributed by atoms with Gasteiger partial charge in [-0.25, -0.2) is 4.39 Å². The highest BCUT2D eigenvalue weighted by Gasteiger charge is 2.14. The molecule has 0 saturated heterocycles. The van der Waals surface area contributed by atoms with Crippen molar-refractivity contribution in [1.82, 2.24) is 0 Å². The molecule has 2 rings (SSSR count). The Morgan fingerprint density at radius 2 is 1.70 bits per heavy atom. The molecule has 6 nitrogen and oxygen atoms in total. The third-order valence-electron chi connectivity index (χ3n) is 3.64. The van der Waals surface area contributed by atoms with Gasteiger partial charge in [0.25, 0.3) is 5.91 Å². The number of halogens is 1. The van der Waals surface area contributed by atoms with Gasteiger partial charge in [-0.15, -0.1) is 0 Å². The summed E-state index contributed by atoms with van der Waals surface area (Å²) in [6.07, 6.45) is 2.96. The predicted octanol–water partition coefficient (Wildman–Crippen LogP) is 2.71. The van der Waals surface area contributed by atoms with Crippen LogP contribution in [0.4, 0.5) is 15.8 Å². The first-order valence-electron chi connectivity index (χ1n) is 8.26. The zero-order chi connectivity index (χ0) is 19.8. The van der Waals surface area contributed by atoms with Crippen molar-refractivity contribution in [3.05, 3.63) is 66.0 Å². The lowest BCUT2D eigenvalue weighted by Gasteiger charge is -2.20. The van der Waals surface area contributed by atoms with Crippen molar-refractivity contribution < 1.29 is 18.8 Å². The van der Waals surface area contributed by atoms with Crippen LogP contribution in [-0.4, -0.2) is 24.3 Å². The minimum atomic E-state index is -0.535. The van der Waals surface area contributed by atoms with Crippen LogP contribution < -0.4 is 16.0 Å². The number of rotatable bonds is 7. The van der Waals surface area contributed by atoms with E-state index in [1.807, 2.05) is 0 Å². The topological polar surface area (TPSA) is 92.5 Å². The standard InChI is InChI=1S/C20H20FN3O3/c1-14(25)23-17-7-2-15(3-8-17)4-11-20(27)24(13-12-19(22)26)18-9-5-16(21)6-10-18/h2-11H,12-13H2,1H3,(H2,22,26)(H,23,25)/b11-4+. The van der Waals surface area contributed by atoms with Crippen molar-refractivity contribution in [2.75, 3.05) is 16.8 Å². The quantitative estimate of drug-likeness (QED) is 0.735. The Kier molecular flexibility index (Phi) is 6.82. The van der Waals surface area contributed by atoms with Crippen LogP contribution in [0.5, 0.6) is 0 Å². The average Bonchev–Trinajstić information content (AvgIpc) is 2.62. The Bertz CT molecular complexity index is 846. The van der Waals surface area contributed by atoms with Crippen LogP contribution in [0, 0.1) is 5.82 Å². The molecule has 0 aliphatic heterocycles. The summed E-state index contributed by atoms with van der Waals surface area (Å²) in [6, 6.07) is 12.3. The number of nitrogens with zero attached hydrogens (tertiary/aromatic N) is 1. The van der Waals surface area contributed by atoms with Crippen LogP contribution in [0.2, 0.25) is 0 Å². The van der Waals surface area contributed by atoms with E-state index < -0.39 is 11.7 Å². The second kappa shape index (κ2) is 9.28. The lowest BCUT2D eigenvalue weighted by Crippen LogP contribution is -2.32. The van der Waals surface area contributed by atoms with E-state index in [-0.39, 0.29) is 24.8 Å². The van der Waals surface area contributed by atoms with Crippen molar-refractivity contribution in [2.45, 2.75) is 13.3 Å². The zero-order valence-corrected chi connectivity index (χ0v) is 14.8. The van der Waals surface area contributed by atoms with Crippen LogP contribution in [0.15, 0.2) is 54.6 Å². The summed E-state index contributed by atoms with van der Waals surface area (Å²) >= 11 is 0. The van der Waals surface area contributed by atoms with Crippen LogP contribution in [0.1, 0.15) is 18.9 Å². The zero-order valence-electron chi connectivity index (χ0n) is 14.8. The minimum Gasteiger partial charge on any atom is -0.370 e.